The lowest BCUT2D eigenvalue weighted by Gasteiger charge is -2.19. The molecule has 0 aromatic heterocycles. The van der Waals surface area contributed by atoms with Crippen molar-refractivity contribution < 1.29 is 22.7 Å². The molecule has 1 aromatic rings. The van der Waals surface area contributed by atoms with E-state index in [1.165, 1.54) is 19.2 Å². The summed E-state index contributed by atoms with van der Waals surface area (Å²) < 4.78 is 41.5. The fourth-order valence-electron chi connectivity index (χ4n) is 2.02. The van der Waals surface area contributed by atoms with Crippen molar-refractivity contribution in [1.29, 1.82) is 0 Å². The van der Waals surface area contributed by atoms with Crippen molar-refractivity contribution in [3.8, 4) is 5.75 Å². The monoisotopic (exact) mass is 332 g/mol. The van der Waals surface area contributed by atoms with Crippen molar-refractivity contribution in [3.05, 3.63) is 23.3 Å². The topological polar surface area (TPSA) is 88.7 Å². The highest BCUT2D eigenvalue weighted by molar-refractivity contribution is 6.02. The number of rotatable bonds is 4. The van der Waals surface area contributed by atoms with E-state index in [2.05, 4.69) is 20.4 Å². The number of aryl methyl sites for hydroxylation is 1. The molecule has 0 aliphatic carbocycles. The highest BCUT2D eigenvalue weighted by Crippen LogP contribution is 2.34. The second-order valence-corrected chi connectivity index (χ2v) is 4.52. The lowest BCUT2D eigenvalue weighted by Crippen LogP contribution is -2.39. The van der Waals surface area contributed by atoms with Crippen molar-refractivity contribution in [2.24, 2.45) is 10.7 Å². The van der Waals surface area contributed by atoms with Crippen LogP contribution in [-0.4, -0.2) is 25.4 Å². The minimum absolute atomic E-state index is 0.110. The van der Waals surface area contributed by atoms with E-state index in [0.717, 1.165) is 0 Å². The molecule has 0 fully saturated rings. The number of hydrogen-bond donors (Lipinski definition) is 3. The molecule has 4 N–H and O–H groups in total. The number of anilines is 1. The summed E-state index contributed by atoms with van der Waals surface area (Å²) in [7, 11) is 1.39. The van der Waals surface area contributed by atoms with E-state index in [4.69, 9.17) is 5.73 Å². The van der Waals surface area contributed by atoms with Crippen LogP contribution < -0.4 is 21.1 Å². The van der Waals surface area contributed by atoms with Gasteiger partial charge in [-0.25, -0.2) is 4.79 Å². The van der Waals surface area contributed by atoms with E-state index in [0.29, 0.717) is 12.0 Å². The Morgan fingerprint density at radius 3 is 2.43 bits per heavy atom. The molecule has 0 unspecified atom stereocenters. The van der Waals surface area contributed by atoms with Crippen molar-refractivity contribution in [2.75, 3.05) is 12.4 Å². The first kappa shape index (κ1) is 18.6. The van der Waals surface area contributed by atoms with Crippen molar-refractivity contribution in [2.45, 2.75) is 33.1 Å². The van der Waals surface area contributed by atoms with Crippen LogP contribution in [0.2, 0.25) is 0 Å². The van der Waals surface area contributed by atoms with Crippen molar-refractivity contribution >= 4 is 17.7 Å². The van der Waals surface area contributed by atoms with Gasteiger partial charge >= 0.3 is 12.4 Å². The standard InChI is InChI=1S/C14H19F3N4O2/c1-4-8-6-7-10(23-14(15,16)17)9(5-2)11(8)20-13(22)21-12(18)19-3/h6-7H,4-5H2,1-3H3,(H4,18,19,20,21,22). The van der Waals surface area contributed by atoms with Gasteiger partial charge in [0.25, 0.3) is 0 Å². The van der Waals surface area contributed by atoms with Gasteiger partial charge in [-0.2, -0.15) is 0 Å². The molecule has 1 rings (SSSR count). The maximum Gasteiger partial charge on any atom is 0.573 e. The molecule has 0 saturated carbocycles. The summed E-state index contributed by atoms with van der Waals surface area (Å²) >= 11 is 0. The third-order valence-corrected chi connectivity index (χ3v) is 3.04. The first-order chi connectivity index (χ1) is 10.7. The highest BCUT2D eigenvalue weighted by atomic mass is 19.4. The van der Waals surface area contributed by atoms with Crippen molar-refractivity contribution in [1.82, 2.24) is 5.32 Å². The van der Waals surface area contributed by atoms with Gasteiger partial charge in [-0.15, -0.1) is 13.2 Å². The molecule has 0 saturated heterocycles. The number of carbonyl (C=O) groups excluding carboxylic acids is 1. The third-order valence-electron chi connectivity index (χ3n) is 3.04. The third kappa shape index (κ3) is 5.35. The fourth-order valence-corrected chi connectivity index (χ4v) is 2.02. The number of halogens is 3. The minimum atomic E-state index is -4.81. The average molecular weight is 332 g/mol. The van der Waals surface area contributed by atoms with Gasteiger partial charge < -0.3 is 15.8 Å². The Balaban J connectivity index is 3.21. The number of nitrogens with zero attached hydrogens (tertiary/aromatic N) is 1. The summed E-state index contributed by atoms with van der Waals surface area (Å²) in [5, 5.41) is 4.78. The molecule has 0 aliphatic heterocycles. The highest BCUT2D eigenvalue weighted by Gasteiger charge is 2.32. The van der Waals surface area contributed by atoms with E-state index in [1.54, 1.807) is 6.92 Å². The number of nitrogens with one attached hydrogen (secondary N) is 2. The number of alkyl halides is 3. The largest absolute Gasteiger partial charge is 0.573 e. The number of aliphatic imine (C=N–C) groups is 1. The van der Waals surface area contributed by atoms with Gasteiger partial charge in [0.1, 0.15) is 5.75 Å². The molecule has 23 heavy (non-hydrogen) atoms. The van der Waals surface area contributed by atoms with Gasteiger partial charge in [0, 0.05) is 12.6 Å². The Morgan fingerprint density at radius 1 is 1.30 bits per heavy atom. The molecule has 0 bridgehead atoms. The predicted molar refractivity (Wildman–Crippen MR) is 81.6 cm³/mol. The Hall–Kier alpha value is -2.45. The van der Waals surface area contributed by atoms with Crippen LogP contribution >= 0.6 is 0 Å². The zero-order valence-electron chi connectivity index (χ0n) is 13.0. The van der Waals surface area contributed by atoms with Gasteiger partial charge in [-0.1, -0.05) is 19.9 Å². The molecule has 1 aromatic carbocycles. The van der Waals surface area contributed by atoms with Crippen LogP contribution in [0.15, 0.2) is 17.1 Å². The van der Waals surface area contributed by atoms with Gasteiger partial charge in [0.15, 0.2) is 5.96 Å². The van der Waals surface area contributed by atoms with Gasteiger partial charge in [-0.3, -0.25) is 10.3 Å². The van der Waals surface area contributed by atoms with E-state index >= 15 is 0 Å². The second-order valence-electron chi connectivity index (χ2n) is 4.52. The Morgan fingerprint density at radius 2 is 1.96 bits per heavy atom. The van der Waals surface area contributed by atoms with Crippen LogP contribution in [0.3, 0.4) is 0 Å². The molecular weight excluding hydrogens is 313 g/mol. The molecule has 0 spiro atoms. The van der Waals surface area contributed by atoms with Crippen LogP contribution in [0.1, 0.15) is 25.0 Å². The SMILES string of the molecule is CCc1ccc(OC(F)(F)F)c(CC)c1NC(=O)NC(N)=NC. The van der Waals surface area contributed by atoms with Crippen LogP contribution in [-0.2, 0) is 12.8 Å². The quantitative estimate of drug-likeness (QED) is 0.585. The summed E-state index contributed by atoms with van der Waals surface area (Å²) in [6.45, 7) is 3.49. The number of hydrogen-bond acceptors (Lipinski definition) is 3. The number of ether oxygens (including phenoxy) is 1. The van der Waals surface area contributed by atoms with Crippen LogP contribution in [0.4, 0.5) is 23.7 Å². The second kappa shape index (κ2) is 7.70. The molecule has 128 valence electrons. The molecule has 0 aliphatic rings. The lowest BCUT2D eigenvalue weighted by atomic mass is 10.0. The number of nitrogens with two attached hydrogens (primary N) is 1. The average Bonchev–Trinajstić information content (AvgIpc) is 2.45. The number of carbonyl (C=O) groups is 1. The number of amides is 2. The molecule has 9 heteroatoms. The number of urea groups is 1. The van der Waals surface area contributed by atoms with E-state index in [9.17, 15) is 18.0 Å². The van der Waals surface area contributed by atoms with Crippen molar-refractivity contribution in [3.63, 3.8) is 0 Å². The lowest BCUT2D eigenvalue weighted by molar-refractivity contribution is -0.274. The number of benzene rings is 1. The van der Waals surface area contributed by atoms with Gasteiger partial charge in [0.05, 0.1) is 5.69 Å². The zero-order chi connectivity index (χ0) is 17.6. The fraction of sp³-hybridized carbons (Fsp3) is 0.429. The number of guanidine groups is 1. The van der Waals surface area contributed by atoms with Crippen LogP contribution in [0, 0.1) is 0 Å². The first-order valence-corrected chi connectivity index (χ1v) is 6.92. The maximum atomic E-state index is 12.5. The molecule has 0 heterocycles. The Kier molecular flexibility index (Phi) is 6.23. The van der Waals surface area contributed by atoms with Crippen LogP contribution in [0.5, 0.6) is 5.75 Å². The molecule has 6 nitrogen and oxygen atoms in total. The minimum Gasteiger partial charge on any atom is -0.405 e. The molecule has 0 radical (unpaired) electrons. The normalized spacial score (nSPS) is 12.0. The zero-order valence-corrected chi connectivity index (χ0v) is 13.0. The summed E-state index contributed by atoms with van der Waals surface area (Å²) in [6, 6.07) is 2.03. The van der Waals surface area contributed by atoms with E-state index in [-0.39, 0.29) is 29.4 Å². The van der Waals surface area contributed by atoms with Gasteiger partial charge in [-0.05, 0) is 24.5 Å². The van der Waals surface area contributed by atoms with Gasteiger partial charge in [0.2, 0.25) is 0 Å². The predicted octanol–water partition coefficient (Wildman–Crippen LogP) is 2.78. The summed E-state index contributed by atoms with van der Waals surface area (Å²) in [5.41, 5.74) is 6.60. The Bertz CT molecular complexity index is 600. The summed E-state index contributed by atoms with van der Waals surface area (Å²) in [6.07, 6.45) is -4.05. The van der Waals surface area contributed by atoms with Crippen LogP contribution in [0.25, 0.3) is 0 Å². The smallest absolute Gasteiger partial charge is 0.405 e. The molecule has 0 atom stereocenters. The maximum absolute atomic E-state index is 12.5. The summed E-state index contributed by atoms with van der Waals surface area (Å²) in [5.74, 6) is -0.453. The first-order valence-electron chi connectivity index (χ1n) is 6.92. The molecule has 2 amide bonds. The van der Waals surface area contributed by atoms with E-state index < -0.39 is 12.4 Å². The Labute approximate surface area is 131 Å². The summed E-state index contributed by atoms with van der Waals surface area (Å²) in [4.78, 5) is 15.4. The van der Waals surface area contributed by atoms with E-state index in [1.807, 2.05) is 6.92 Å². The molecular formula is C14H19F3N4O2.